The number of nitrogens with zero attached hydrogens (tertiary/aromatic N) is 2. The van der Waals surface area contributed by atoms with E-state index in [0.29, 0.717) is 0 Å². The lowest BCUT2D eigenvalue weighted by molar-refractivity contribution is -0.918. The molecule has 0 spiro atoms. The maximum absolute atomic E-state index is 5.28. The highest BCUT2D eigenvalue weighted by Crippen LogP contribution is 2.17. The van der Waals surface area contributed by atoms with Crippen LogP contribution in [0, 0.1) is 0 Å². The molecule has 1 saturated heterocycles. The molecule has 4 heteroatoms. The summed E-state index contributed by atoms with van der Waals surface area (Å²) >= 11 is 0. The van der Waals surface area contributed by atoms with Crippen molar-refractivity contribution >= 4 is 17.0 Å². The number of fused-ring (bicyclic) bond motifs is 1. The molecule has 3 aromatic rings. The minimum absolute atomic E-state index is 0.806. The van der Waals surface area contributed by atoms with Gasteiger partial charge in [-0.05, 0) is 22.9 Å². The van der Waals surface area contributed by atoms with E-state index in [4.69, 9.17) is 4.42 Å². The summed E-state index contributed by atoms with van der Waals surface area (Å²) in [7, 11) is 0. The maximum Gasteiger partial charge on any atom is 0.146 e. The van der Waals surface area contributed by atoms with Gasteiger partial charge in [-0.1, -0.05) is 42.5 Å². The van der Waals surface area contributed by atoms with Crippen molar-refractivity contribution in [3.8, 4) is 0 Å². The molecule has 1 aliphatic rings. The fourth-order valence-electron chi connectivity index (χ4n) is 3.32. The average Bonchev–Trinajstić information content (AvgIpc) is 3.15. The summed E-state index contributed by atoms with van der Waals surface area (Å²) in [6.07, 6.45) is 3.48. The van der Waals surface area contributed by atoms with Gasteiger partial charge in [-0.2, -0.15) is 5.10 Å². The molecule has 24 heavy (non-hydrogen) atoms. The molecule has 4 nitrogen and oxygen atoms in total. The first-order valence-corrected chi connectivity index (χ1v) is 8.51. The van der Waals surface area contributed by atoms with Gasteiger partial charge in [0.25, 0.3) is 0 Å². The van der Waals surface area contributed by atoms with Crippen LogP contribution in [-0.4, -0.2) is 37.4 Å². The standard InChI is InChI=1S/C20H21N3O/c1-2-9-20-17(5-1)6-3-7-18(20)16-22-10-12-23(13-11-22)21-15-19-8-4-14-24-19/h1-9,14-15H,10-13,16H2/p+1. The van der Waals surface area contributed by atoms with E-state index >= 15 is 0 Å². The van der Waals surface area contributed by atoms with E-state index < -0.39 is 0 Å². The van der Waals surface area contributed by atoms with Crippen molar-refractivity contribution in [2.75, 3.05) is 26.2 Å². The highest BCUT2D eigenvalue weighted by atomic mass is 16.3. The van der Waals surface area contributed by atoms with Gasteiger partial charge >= 0.3 is 0 Å². The molecule has 122 valence electrons. The second kappa shape index (κ2) is 6.89. The normalized spacial score (nSPS) is 16.2. The second-order valence-electron chi connectivity index (χ2n) is 6.28. The molecule has 4 rings (SSSR count). The lowest BCUT2D eigenvalue weighted by atomic mass is 10.0. The van der Waals surface area contributed by atoms with Crippen LogP contribution in [0.15, 0.2) is 70.4 Å². The van der Waals surface area contributed by atoms with Crippen LogP contribution < -0.4 is 4.90 Å². The first kappa shape index (κ1) is 15.0. The van der Waals surface area contributed by atoms with Crippen LogP contribution >= 0.6 is 0 Å². The molecule has 1 N–H and O–H groups in total. The number of quaternary nitrogens is 1. The molecular formula is C20H22N3O+. The number of benzene rings is 2. The van der Waals surface area contributed by atoms with Gasteiger partial charge in [0.2, 0.25) is 0 Å². The molecule has 0 aliphatic carbocycles. The summed E-state index contributed by atoms with van der Waals surface area (Å²) in [5, 5.41) is 9.36. The van der Waals surface area contributed by atoms with E-state index in [-0.39, 0.29) is 0 Å². The van der Waals surface area contributed by atoms with Gasteiger partial charge in [0, 0.05) is 5.56 Å². The van der Waals surface area contributed by atoms with Gasteiger partial charge in [0.15, 0.2) is 0 Å². The first-order valence-electron chi connectivity index (χ1n) is 8.51. The zero-order valence-electron chi connectivity index (χ0n) is 13.7. The van der Waals surface area contributed by atoms with Crippen molar-refractivity contribution in [2.45, 2.75) is 6.54 Å². The number of rotatable bonds is 4. The Morgan fingerprint density at radius 3 is 2.67 bits per heavy atom. The lowest BCUT2D eigenvalue weighted by Crippen LogP contribution is -3.13. The Kier molecular flexibility index (Phi) is 4.30. The zero-order valence-corrected chi connectivity index (χ0v) is 13.7. The molecule has 1 aromatic heterocycles. The average molecular weight is 320 g/mol. The maximum atomic E-state index is 5.28. The highest BCUT2D eigenvalue weighted by Gasteiger charge is 2.19. The van der Waals surface area contributed by atoms with E-state index in [9.17, 15) is 0 Å². The summed E-state index contributed by atoms with van der Waals surface area (Å²) < 4.78 is 5.28. The molecule has 0 bridgehead atoms. The summed E-state index contributed by atoms with van der Waals surface area (Å²) in [4.78, 5) is 1.62. The van der Waals surface area contributed by atoms with Gasteiger partial charge in [-0.25, -0.2) is 0 Å². The van der Waals surface area contributed by atoms with Crippen LogP contribution in [0.1, 0.15) is 11.3 Å². The third-order valence-corrected chi connectivity index (χ3v) is 4.66. The molecule has 0 atom stereocenters. The Hall–Kier alpha value is -2.59. The van der Waals surface area contributed by atoms with Gasteiger partial charge in [-0.15, -0.1) is 0 Å². The van der Waals surface area contributed by atoms with Crippen LogP contribution in [0.4, 0.5) is 0 Å². The molecule has 0 amide bonds. The molecule has 1 fully saturated rings. The Labute approximate surface area is 142 Å². The third-order valence-electron chi connectivity index (χ3n) is 4.66. The van der Waals surface area contributed by atoms with Gasteiger partial charge in [0.1, 0.15) is 12.3 Å². The second-order valence-corrected chi connectivity index (χ2v) is 6.28. The SMILES string of the molecule is C(=NN1CC[NH+](Cc2cccc3ccccc23)CC1)c1ccco1. The molecular weight excluding hydrogens is 298 g/mol. The van der Waals surface area contributed by atoms with E-state index in [1.807, 2.05) is 12.1 Å². The highest BCUT2D eigenvalue weighted by molar-refractivity contribution is 5.85. The molecule has 0 unspecified atom stereocenters. The minimum atomic E-state index is 0.806. The Morgan fingerprint density at radius 1 is 1.00 bits per heavy atom. The first-order chi connectivity index (χ1) is 11.9. The largest absolute Gasteiger partial charge is 0.463 e. The molecule has 2 aromatic carbocycles. The monoisotopic (exact) mass is 320 g/mol. The Bertz CT molecular complexity index is 813. The third kappa shape index (κ3) is 3.34. The van der Waals surface area contributed by atoms with Crippen molar-refractivity contribution in [1.29, 1.82) is 0 Å². The van der Waals surface area contributed by atoms with Crippen molar-refractivity contribution in [3.63, 3.8) is 0 Å². The van der Waals surface area contributed by atoms with E-state index in [0.717, 1.165) is 38.5 Å². The van der Waals surface area contributed by atoms with Gasteiger partial charge < -0.3 is 9.32 Å². The zero-order chi connectivity index (χ0) is 16.2. The number of piperazine rings is 1. The van der Waals surface area contributed by atoms with E-state index in [1.165, 1.54) is 16.3 Å². The molecule has 0 saturated carbocycles. The summed E-state index contributed by atoms with van der Waals surface area (Å²) in [6, 6.07) is 19.1. The fourth-order valence-corrected chi connectivity index (χ4v) is 3.32. The fraction of sp³-hybridized carbons (Fsp3) is 0.250. The van der Waals surface area contributed by atoms with Crippen LogP contribution in [0.3, 0.4) is 0 Å². The van der Waals surface area contributed by atoms with Crippen LogP contribution in [0.25, 0.3) is 10.8 Å². The van der Waals surface area contributed by atoms with Crippen molar-refractivity contribution in [1.82, 2.24) is 5.01 Å². The summed E-state index contributed by atoms with van der Waals surface area (Å²) in [5.74, 6) is 0.806. The lowest BCUT2D eigenvalue weighted by Gasteiger charge is -2.30. The topological polar surface area (TPSA) is 33.2 Å². The Balaban J connectivity index is 1.37. The number of furan rings is 1. The number of hydrogen-bond donors (Lipinski definition) is 1. The predicted octanol–water partition coefficient (Wildman–Crippen LogP) is 2.17. The minimum Gasteiger partial charge on any atom is -0.463 e. The summed E-state index contributed by atoms with van der Waals surface area (Å²) in [6.45, 7) is 5.27. The Morgan fingerprint density at radius 2 is 1.83 bits per heavy atom. The molecule has 0 radical (unpaired) electrons. The van der Waals surface area contributed by atoms with Gasteiger partial charge in [0.05, 0.1) is 38.7 Å². The smallest absolute Gasteiger partial charge is 0.146 e. The quantitative estimate of drug-likeness (QED) is 0.748. The van der Waals surface area contributed by atoms with E-state index in [1.54, 1.807) is 17.4 Å². The van der Waals surface area contributed by atoms with Crippen molar-refractivity contribution in [2.24, 2.45) is 5.10 Å². The summed E-state index contributed by atoms with van der Waals surface area (Å²) in [5.41, 5.74) is 1.44. The number of hydrazone groups is 1. The van der Waals surface area contributed by atoms with E-state index in [2.05, 4.69) is 52.6 Å². The molecule has 1 aliphatic heterocycles. The number of nitrogens with one attached hydrogen (secondary N) is 1. The van der Waals surface area contributed by atoms with Crippen LogP contribution in [-0.2, 0) is 6.54 Å². The van der Waals surface area contributed by atoms with Gasteiger partial charge in [-0.3, -0.25) is 5.01 Å². The van der Waals surface area contributed by atoms with Crippen LogP contribution in [0.2, 0.25) is 0 Å². The van der Waals surface area contributed by atoms with Crippen LogP contribution in [0.5, 0.6) is 0 Å². The van der Waals surface area contributed by atoms with Crippen molar-refractivity contribution in [3.05, 3.63) is 72.2 Å². The predicted molar refractivity (Wildman–Crippen MR) is 96.2 cm³/mol. The number of hydrogen-bond acceptors (Lipinski definition) is 3. The van der Waals surface area contributed by atoms with Crippen molar-refractivity contribution < 1.29 is 9.32 Å². The molecule has 2 heterocycles.